The SMILES string of the molecule is Cc1nc2ccccc2nc1C(C(C)C)C(C)O. The first-order valence-electron chi connectivity index (χ1n) is 6.42. The number of aromatic nitrogens is 2. The van der Waals surface area contributed by atoms with E-state index >= 15 is 0 Å². The van der Waals surface area contributed by atoms with Crippen molar-refractivity contribution >= 4 is 11.0 Å². The highest BCUT2D eigenvalue weighted by Gasteiger charge is 2.25. The largest absolute Gasteiger partial charge is 0.393 e. The van der Waals surface area contributed by atoms with E-state index in [9.17, 15) is 5.11 Å². The van der Waals surface area contributed by atoms with Crippen LogP contribution in [0.4, 0.5) is 0 Å². The molecule has 0 saturated heterocycles. The first-order valence-corrected chi connectivity index (χ1v) is 6.42. The number of hydrogen-bond donors (Lipinski definition) is 1. The number of para-hydroxylation sites is 2. The van der Waals surface area contributed by atoms with Crippen molar-refractivity contribution in [3.63, 3.8) is 0 Å². The third-order valence-electron chi connectivity index (χ3n) is 3.34. The minimum absolute atomic E-state index is 0.0297. The molecular weight excluding hydrogens is 224 g/mol. The van der Waals surface area contributed by atoms with Crippen LogP contribution in [0.5, 0.6) is 0 Å². The molecule has 0 fully saturated rings. The van der Waals surface area contributed by atoms with Gasteiger partial charge in [0.25, 0.3) is 0 Å². The van der Waals surface area contributed by atoms with Crippen LogP contribution in [0.15, 0.2) is 24.3 Å². The maximum atomic E-state index is 9.96. The summed E-state index contributed by atoms with van der Waals surface area (Å²) in [6.45, 7) is 7.99. The van der Waals surface area contributed by atoms with E-state index in [1.165, 1.54) is 0 Å². The van der Waals surface area contributed by atoms with E-state index in [4.69, 9.17) is 4.98 Å². The van der Waals surface area contributed by atoms with Gasteiger partial charge < -0.3 is 5.11 Å². The van der Waals surface area contributed by atoms with Crippen LogP contribution in [0.2, 0.25) is 0 Å². The molecule has 0 spiro atoms. The van der Waals surface area contributed by atoms with E-state index < -0.39 is 6.10 Å². The van der Waals surface area contributed by atoms with E-state index in [-0.39, 0.29) is 5.92 Å². The van der Waals surface area contributed by atoms with E-state index in [1.54, 1.807) is 0 Å². The average Bonchev–Trinajstić information content (AvgIpc) is 2.29. The van der Waals surface area contributed by atoms with Gasteiger partial charge in [0.05, 0.1) is 28.5 Å². The highest BCUT2D eigenvalue weighted by Crippen LogP contribution is 2.29. The first kappa shape index (κ1) is 13.0. The van der Waals surface area contributed by atoms with Gasteiger partial charge in [0.15, 0.2) is 0 Å². The van der Waals surface area contributed by atoms with Crippen LogP contribution in [0.1, 0.15) is 38.1 Å². The summed E-state index contributed by atoms with van der Waals surface area (Å²) < 4.78 is 0. The van der Waals surface area contributed by atoms with Crippen LogP contribution in [0.3, 0.4) is 0 Å². The molecule has 0 radical (unpaired) electrons. The van der Waals surface area contributed by atoms with Crippen molar-refractivity contribution in [2.75, 3.05) is 0 Å². The molecule has 3 nitrogen and oxygen atoms in total. The summed E-state index contributed by atoms with van der Waals surface area (Å²) >= 11 is 0. The topological polar surface area (TPSA) is 46.0 Å². The summed E-state index contributed by atoms with van der Waals surface area (Å²) in [4.78, 5) is 9.28. The molecule has 2 unspecified atom stereocenters. The van der Waals surface area contributed by atoms with Crippen molar-refractivity contribution in [2.45, 2.75) is 39.7 Å². The number of hydrogen-bond acceptors (Lipinski definition) is 3. The van der Waals surface area contributed by atoms with Crippen LogP contribution in [-0.4, -0.2) is 21.2 Å². The van der Waals surface area contributed by atoms with Crippen molar-refractivity contribution in [2.24, 2.45) is 5.92 Å². The number of rotatable bonds is 3. The molecule has 2 aromatic rings. The van der Waals surface area contributed by atoms with Crippen LogP contribution >= 0.6 is 0 Å². The van der Waals surface area contributed by atoms with Gasteiger partial charge in [-0.05, 0) is 31.9 Å². The molecule has 1 aromatic heterocycles. The lowest BCUT2D eigenvalue weighted by Gasteiger charge is -2.24. The van der Waals surface area contributed by atoms with Crippen molar-refractivity contribution in [1.29, 1.82) is 0 Å². The molecule has 96 valence electrons. The minimum atomic E-state index is -0.417. The van der Waals surface area contributed by atoms with Crippen molar-refractivity contribution in [3.05, 3.63) is 35.7 Å². The van der Waals surface area contributed by atoms with Gasteiger partial charge in [-0.2, -0.15) is 0 Å². The molecule has 0 saturated carbocycles. The molecule has 0 amide bonds. The highest BCUT2D eigenvalue weighted by atomic mass is 16.3. The zero-order valence-electron chi connectivity index (χ0n) is 11.4. The van der Waals surface area contributed by atoms with Gasteiger partial charge in [0, 0.05) is 5.92 Å². The standard InChI is InChI=1S/C15H20N2O/c1-9(2)14(11(4)18)15-10(3)16-12-7-5-6-8-13(12)17-15/h5-9,11,14,18H,1-4H3. The molecule has 18 heavy (non-hydrogen) atoms. The fourth-order valence-electron chi connectivity index (χ4n) is 2.52. The molecule has 0 aliphatic heterocycles. The normalized spacial score (nSPS) is 15.0. The Morgan fingerprint density at radius 3 is 2.06 bits per heavy atom. The minimum Gasteiger partial charge on any atom is -0.393 e. The first-order chi connectivity index (χ1) is 8.50. The second-order valence-electron chi connectivity index (χ2n) is 5.19. The number of aryl methyl sites for hydroxylation is 1. The zero-order chi connectivity index (χ0) is 13.3. The van der Waals surface area contributed by atoms with Crippen molar-refractivity contribution in [1.82, 2.24) is 9.97 Å². The van der Waals surface area contributed by atoms with Crippen molar-refractivity contribution in [3.8, 4) is 0 Å². The number of fused-ring (bicyclic) bond motifs is 1. The Hall–Kier alpha value is -1.48. The van der Waals surface area contributed by atoms with Crippen LogP contribution in [0.25, 0.3) is 11.0 Å². The third-order valence-corrected chi connectivity index (χ3v) is 3.34. The predicted octanol–water partition coefficient (Wildman–Crippen LogP) is 3.06. The summed E-state index contributed by atoms with van der Waals surface area (Å²) in [5.74, 6) is 0.362. The molecule has 1 aromatic carbocycles. The van der Waals surface area contributed by atoms with Gasteiger partial charge in [-0.3, -0.25) is 0 Å². The maximum absolute atomic E-state index is 9.96. The molecule has 3 heteroatoms. The second kappa shape index (κ2) is 5.02. The highest BCUT2D eigenvalue weighted by molar-refractivity contribution is 5.74. The molecule has 2 atom stereocenters. The van der Waals surface area contributed by atoms with Gasteiger partial charge in [-0.15, -0.1) is 0 Å². The lowest BCUT2D eigenvalue weighted by Crippen LogP contribution is -2.22. The molecule has 0 aliphatic rings. The second-order valence-corrected chi connectivity index (χ2v) is 5.19. The fraction of sp³-hybridized carbons (Fsp3) is 0.467. The Balaban J connectivity index is 2.59. The van der Waals surface area contributed by atoms with E-state index in [0.717, 1.165) is 22.4 Å². The van der Waals surface area contributed by atoms with E-state index in [0.29, 0.717) is 5.92 Å². The molecule has 2 rings (SSSR count). The summed E-state index contributed by atoms with van der Waals surface area (Å²) in [5.41, 5.74) is 3.63. The Bertz CT molecular complexity index is 541. The Morgan fingerprint density at radius 2 is 1.56 bits per heavy atom. The lowest BCUT2D eigenvalue weighted by molar-refractivity contribution is 0.137. The molecule has 0 aliphatic carbocycles. The monoisotopic (exact) mass is 244 g/mol. The Kier molecular flexibility index (Phi) is 3.62. The fourth-order valence-corrected chi connectivity index (χ4v) is 2.52. The third kappa shape index (κ3) is 2.36. The van der Waals surface area contributed by atoms with E-state index in [1.807, 2.05) is 38.1 Å². The van der Waals surface area contributed by atoms with Gasteiger partial charge in [0.1, 0.15) is 0 Å². The summed E-state index contributed by atoms with van der Waals surface area (Å²) in [6, 6.07) is 7.85. The van der Waals surface area contributed by atoms with Crippen LogP contribution in [-0.2, 0) is 0 Å². The van der Waals surface area contributed by atoms with E-state index in [2.05, 4.69) is 18.8 Å². The molecule has 1 N–H and O–H groups in total. The smallest absolute Gasteiger partial charge is 0.0890 e. The average molecular weight is 244 g/mol. The summed E-state index contributed by atoms with van der Waals surface area (Å²) in [5, 5.41) is 9.96. The van der Waals surface area contributed by atoms with Crippen molar-refractivity contribution < 1.29 is 5.11 Å². The number of aliphatic hydroxyl groups excluding tert-OH is 1. The molecule has 0 bridgehead atoms. The van der Waals surface area contributed by atoms with Crippen LogP contribution < -0.4 is 0 Å². The predicted molar refractivity (Wildman–Crippen MR) is 73.5 cm³/mol. The zero-order valence-corrected chi connectivity index (χ0v) is 11.4. The van der Waals surface area contributed by atoms with Gasteiger partial charge in [-0.25, -0.2) is 9.97 Å². The molecular formula is C15H20N2O. The van der Waals surface area contributed by atoms with Gasteiger partial charge in [-0.1, -0.05) is 26.0 Å². The lowest BCUT2D eigenvalue weighted by atomic mass is 9.87. The Morgan fingerprint density at radius 1 is 1.00 bits per heavy atom. The maximum Gasteiger partial charge on any atom is 0.0890 e. The van der Waals surface area contributed by atoms with Crippen LogP contribution in [0, 0.1) is 12.8 Å². The van der Waals surface area contributed by atoms with Gasteiger partial charge in [0.2, 0.25) is 0 Å². The quantitative estimate of drug-likeness (QED) is 0.902. The molecule has 1 heterocycles. The number of nitrogens with zero attached hydrogens (tertiary/aromatic N) is 2. The Labute approximate surface area is 108 Å². The summed E-state index contributed by atoms with van der Waals surface area (Å²) in [6.07, 6.45) is -0.417. The number of benzene rings is 1. The number of aliphatic hydroxyl groups is 1. The summed E-state index contributed by atoms with van der Waals surface area (Å²) in [7, 11) is 0. The van der Waals surface area contributed by atoms with Gasteiger partial charge >= 0.3 is 0 Å².